The van der Waals surface area contributed by atoms with E-state index in [4.69, 9.17) is 15.8 Å². The van der Waals surface area contributed by atoms with Crippen molar-refractivity contribution in [3.8, 4) is 0 Å². The number of aliphatic carboxylic acids is 1. The van der Waals surface area contributed by atoms with Gasteiger partial charge in [-0.3, -0.25) is 19.2 Å². The SMILES string of the molecule is CN1CC(C(CN2CC(C(=O)O)CC2=O)ON)CC1=O. The fourth-order valence-corrected chi connectivity index (χ4v) is 2.78. The molecule has 2 aliphatic rings. The average molecular weight is 285 g/mol. The third-order valence-corrected chi connectivity index (χ3v) is 4.04. The van der Waals surface area contributed by atoms with E-state index < -0.39 is 18.0 Å². The number of rotatable bonds is 5. The monoisotopic (exact) mass is 285 g/mol. The second-order valence-corrected chi connectivity index (χ2v) is 5.45. The third kappa shape index (κ3) is 2.91. The van der Waals surface area contributed by atoms with Crippen LogP contribution in [0.4, 0.5) is 0 Å². The zero-order chi connectivity index (χ0) is 14.9. The molecule has 2 rings (SSSR count). The standard InChI is InChI=1S/C12H19N3O5/c1-14-4-7(2-10(14)16)9(20-13)6-15-5-8(12(18)19)3-11(15)17/h7-9H,2-6,13H2,1H3,(H,18,19). The summed E-state index contributed by atoms with van der Waals surface area (Å²) in [4.78, 5) is 42.2. The van der Waals surface area contributed by atoms with Gasteiger partial charge in [-0.15, -0.1) is 0 Å². The van der Waals surface area contributed by atoms with Crippen LogP contribution in [0.15, 0.2) is 0 Å². The van der Waals surface area contributed by atoms with E-state index in [0.717, 1.165) is 0 Å². The summed E-state index contributed by atoms with van der Waals surface area (Å²) < 4.78 is 0. The molecule has 0 aromatic heterocycles. The second kappa shape index (κ2) is 5.76. The highest BCUT2D eigenvalue weighted by Crippen LogP contribution is 2.24. The molecule has 0 bridgehead atoms. The Kier molecular flexibility index (Phi) is 4.24. The van der Waals surface area contributed by atoms with E-state index in [1.807, 2.05) is 0 Å². The van der Waals surface area contributed by atoms with E-state index in [9.17, 15) is 14.4 Å². The maximum absolute atomic E-state index is 11.8. The van der Waals surface area contributed by atoms with Crippen LogP contribution in [-0.2, 0) is 19.2 Å². The van der Waals surface area contributed by atoms with Gasteiger partial charge < -0.3 is 14.9 Å². The van der Waals surface area contributed by atoms with Crippen LogP contribution in [0.25, 0.3) is 0 Å². The number of likely N-dealkylation sites (tertiary alicyclic amines) is 2. The van der Waals surface area contributed by atoms with Crippen LogP contribution >= 0.6 is 0 Å². The first kappa shape index (κ1) is 14.7. The van der Waals surface area contributed by atoms with Crippen LogP contribution in [-0.4, -0.2) is 65.5 Å². The zero-order valence-corrected chi connectivity index (χ0v) is 11.3. The van der Waals surface area contributed by atoms with Gasteiger partial charge in [-0.1, -0.05) is 0 Å². The Hall–Kier alpha value is -1.67. The number of hydrogen-bond donors (Lipinski definition) is 2. The van der Waals surface area contributed by atoms with Crippen molar-refractivity contribution in [2.45, 2.75) is 18.9 Å². The minimum absolute atomic E-state index is 0.0100. The van der Waals surface area contributed by atoms with Crippen molar-refractivity contribution in [1.29, 1.82) is 0 Å². The number of carbonyl (C=O) groups is 3. The van der Waals surface area contributed by atoms with Crippen LogP contribution in [0.5, 0.6) is 0 Å². The summed E-state index contributed by atoms with van der Waals surface area (Å²) >= 11 is 0. The summed E-state index contributed by atoms with van der Waals surface area (Å²) in [5.41, 5.74) is 0. The second-order valence-electron chi connectivity index (χ2n) is 5.45. The largest absolute Gasteiger partial charge is 0.481 e. The molecule has 2 aliphatic heterocycles. The highest BCUT2D eigenvalue weighted by atomic mass is 16.6. The number of amides is 2. The van der Waals surface area contributed by atoms with E-state index in [1.54, 1.807) is 11.9 Å². The lowest BCUT2D eigenvalue weighted by atomic mass is 10.0. The number of nitrogens with two attached hydrogens (primary N) is 1. The molecule has 2 amide bonds. The van der Waals surface area contributed by atoms with E-state index in [-0.39, 0.29) is 37.2 Å². The van der Waals surface area contributed by atoms with Gasteiger partial charge in [-0.2, -0.15) is 0 Å². The van der Waals surface area contributed by atoms with Gasteiger partial charge in [0.1, 0.15) is 6.10 Å². The Morgan fingerprint density at radius 1 is 1.40 bits per heavy atom. The first-order valence-electron chi connectivity index (χ1n) is 6.52. The van der Waals surface area contributed by atoms with Crippen molar-refractivity contribution < 1.29 is 24.3 Å². The summed E-state index contributed by atoms with van der Waals surface area (Å²) in [7, 11) is 1.71. The third-order valence-electron chi connectivity index (χ3n) is 4.04. The lowest BCUT2D eigenvalue weighted by Crippen LogP contribution is -2.41. The molecule has 8 nitrogen and oxygen atoms in total. The Morgan fingerprint density at radius 2 is 2.10 bits per heavy atom. The maximum Gasteiger partial charge on any atom is 0.308 e. The van der Waals surface area contributed by atoms with Gasteiger partial charge in [-0.05, 0) is 0 Å². The van der Waals surface area contributed by atoms with Gasteiger partial charge in [0.15, 0.2) is 0 Å². The molecule has 0 saturated carbocycles. The predicted molar refractivity (Wildman–Crippen MR) is 67.1 cm³/mol. The van der Waals surface area contributed by atoms with E-state index in [0.29, 0.717) is 13.0 Å². The molecule has 0 aromatic carbocycles. The molecule has 8 heteroatoms. The topological polar surface area (TPSA) is 113 Å². The molecule has 0 radical (unpaired) electrons. The molecule has 2 saturated heterocycles. The molecule has 20 heavy (non-hydrogen) atoms. The van der Waals surface area contributed by atoms with E-state index in [2.05, 4.69) is 0 Å². The van der Waals surface area contributed by atoms with Gasteiger partial charge in [0, 0.05) is 45.4 Å². The summed E-state index contributed by atoms with van der Waals surface area (Å²) in [6.45, 7) is 0.931. The van der Waals surface area contributed by atoms with Gasteiger partial charge in [-0.25, -0.2) is 5.90 Å². The Labute approximate surface area is 116 Å². The van der Waals surface area contributed by atoms with Crippen molar-refractivity contribution in [2.24, 2.45) is 17.7 Å². The van der Waals surface area contributed by atoms with Crippen LogP contribution in [0, 0.1) is 11.8 Å². The Bertz CT molecular complexity index is 427. The number of carbonyl (C=O) groups excluding carboxylic acids is 2. The van der Waals surface area contributed by atoms with Crippen molar-refractivity contribution in [3.05, 3.63) is 0 Å². The molecule has 112 valence electrons. The molecule has 3 unspecified atom stereocenters. The van der Waals surface area contributed by atoms with Gasteiger partial charge in [0.25, 0.3) is 0 Å². The highest BCUT2D eigenvalue weighted by Gasteiger charge is 2.39. The first-order valence-corrected chi connectivity index (χ1v) is 6.52. The average Bonchev–Trinajstić information content (AvgIpc) is 2.91. The molecule has 2 fully saturated rings. The predicted octanol–water partition coefficient (Wildman–Crippen LogP) is -1.34. The van der Waals surface area contributed by atoms with E-state index >= 15 is 0 Å². The zero-order valence-electron chi connectivity index (χ0n) is 11.3. The molecule has 0 aliphatic carbocycles. The van der Waals surface area contributed by atoms with Crippen LogP contribution in [0.3, 0.4) is 0 Å². The minimum atomic E-state index is -0.971. The number of nitrogens with zero attached hydrogens (tertiary/aromatic N) is 2. The van der Waals surface area contributed by atoms with Crippen LogP contribution in [0.2, 0.25) is 0 Å². The fourth-order valence-electron chi connectivity index (χ4n) is 2.78. The fraction of sp³-hybridized carbons (Fsp3) is 0.750. The smallest absolute Gasteiger partial charge is 0.308 e. The van der Waals surface area contributed by atoms with Crippen LogP contribution in [0.1, 0.15) is 12.8 Å². The van der Waals surface area contributed by atoms with Gasteiger partial charge >= 0.3 is 5.97 Å². The lowest BCUT2D eigenvalue weighted by molar-refractivity contribution is -0.141. The Balaban J connectivity index is 1.95. The normalized spacial score (nSPS) is 28.3. The summed E-state index contributed by atoms with van der Waals surface area (Å²) in [6, 6.07) is 0. The molecular weight excluding hydrogens is 266 g/mol. The first-order chi connectivity index (χ1) is 9.42. The van der Waals surface area contributed by atoms with Crippen molar-refractivity contribution in [3.63, 3.8) is 0 Å². The molecule has 2 heterocycles. The highest BCUT2D eigenvalue weighted by molar-refractivity contribution is 5.86. The molecule has 3 atom stereocenters. The number of hydrogen-bond acceptors (Lipinski definition) is 5. The Morgan fingerprint density at radius 3 is 2.55 bits per heavy atom. The molecular formula is C12H19N3O5. The van der Waals surface area contributed by atoms with Crippen molar-refractivity contribution in [1.82, 2.24) is 9.80 Å². The number of carboxylic acids is 1. The summed E-state index contributed by atoms with van der Waals surface area (Å²) in [6.07, 6.45) is -0.112. The summed E-state index contributed by atoms with van der Waals surface area (Å²) in [5, 5.41) is 8.93. The molecule has 0 aromatic rings. The van der Waals surface area contributed by atoms with E-state index in [1.165, 1.54) is 4.90 Å². The van der Waals surface area contributed by atoms with Crippen molar-refractivity contribution in [2.75, 3.05) is 26.7 Å². The quantitative estimate of drug-likeness (QED) is 0.604. The maximum atomic E-state index is 11.8. The lowest BCUT2D eigenvalue weighted by Gasteiger charge is -2.26. The van der Waals surface area contributed by atoms with Crippen LogP contribution < -0.4 is 5.90 Å². The summed E-state index contributed by atoms with van der Waals surface area (Å²) in [5.74, 6) is 3.37. The van der Waals surface area contributed by atoms with Gasteiger partial charge in [0.05, 0.1) is 5.92 Å². The molecule has 0 spiro atoms. The minimum Gasteiger partial charge on any atom is -0.481 e. The molecule has 3 N–H and O–H groups in total. The van der Waals surface area contributed by atoms with Crippen molar-refractivity contribution >= 4 is 17.8 Å². The number of carboxylic acid groups (broad SMARTS) is 1. The van der Waals surface area contributed by atoms with Gasteiger partial charge in [0.2, 0.25) is 11.8 Å².